The Morgan fingerprint density at radius 3 is 0.800 bits per heavy atom. The third-order valence-electron chi connectivity index (χ3n) is 12.4. The van der Waals surface area contributed by atoms with Crippen molar-refractivity contribution in [3.63, 3.8) is 0 Å². The van der Waals surface area contributed by atoms with E-state index >= 15 is 0 Å². The summed E-state index contributed by atoms with van der Waals surface area (Å²) >= 11 is 0. The fourth-order valence-corrected chi connectivity index (χ4v) is 8.31. The van der Waals surface area contributed by atoms with Crippen LogP contribution in [0.1, 0.15) is 280 Å². The number of carbonyl (C=O) groups is 2. The van der Waals surface area contributed by atoms with Crippen LogP contribution in [0.4, 0.5) is 0 Å². The van der Waals surface area contributed by atoms with E-state index in [-0.39, 0.29) is 11.9 Å². The van der Waals surface area contributed by atoms with Crippen LogP contribution in [0, 0.1) is 0 Å². The van der Waals surface area contributed by atoms with E-state index in [0.717, 1.165) is 51.9 Å². The average Bonchev–Trinajstić information content (AvgIpc) is 3.26. The van der Waals surface area contributed by atoms with E-state index in [1.54, 1.807) is 24.3 Å². The van der Waals surface area contributed by atoms with Gasteiger partial charge in [0.15, 0.2) is 0 Å². The highest BCUT2D eigenvalue weighted by Gasteiger charge is 2.16. The largest absolute Gasteiger partial charge is 0.446 e. The number of hydrogen-bond acceptors (Lipinski definition) is 6. The topological polar surface area (TPSA) is 59.1 Å². The Morgan fingerprint density at radius 2 is 0.567 bits per heavy atom. The highest BCUT2D eigenvalue weighted by molar-refractivity contribution is 5.95. The van der Waals surface area contributed by atoms with Crippen molar-refractivity contribution in [2.24, 2.45) is 0 Å². The van der Waals surface area contributed by atoms with Crippen molar-refractivity contribution in [2.45, 2.75) is 259 Å². The van der Waals surface area contributed by atoms with Gasteiger partial charge < -0.3 is 9.47 Å². The molecule has 0 spiro atoms. The molecule has 6 heteroatoms. The SMILES string of the molecule is CCCCCCCCCCCN(CCCCCCCCCCC)COC(=O)c1cccc(C(=O)OCN(CCCCCCCCCCC)CCCCCCCCCCC)c1. The van der Waals surface area contributed by atoms with Crippen LogP contribution in [-0.4, -0.2) is 61.4 Å². The quantitative estimate of drug-likeness (QED) is 0.0370. The van der Waals surface area contributed by atoms with Crippen LogP contribution in [0.15, 0.2) is 24.3 Å². The molecule has 0 N–H and O–H groups in total. The van der Waals surface area contributed by atoms with Crippen LogP contribution in [0.2, 0.25) is 0 Å². The first-order valence-corrected chi connectivity index (χ1v) is 26.4. The third-order valence-corrected chi connectivity index (χ3v) is 12.4. The molecule has 1 rings (SSSR count). The van der Waals surface area contributed by atoms with Gasteiger partial charge in [-0.2, -0.15) is 0 Å². The lowest BCUT2D eigenvalue weighted by Crippen LogP contribution is -2.30. The van der Waals surface area contributed by atoms with Gasteiger partial charge in [-0.1, -0.05) is 239 Å². The van der Waals surface area contributed by atoms with Crippen molar-refractivity contribution in [1.82, 2.24) is 9.80 Å². The predicted octanol–water partition coefficient (Wildman–Crippen LogP) is 16.6. The van der Waals surface area contributed by atoms with Gasteiger partial charge in [0.2, 0.25) is 0 Å². The molecule has 0 radical (unpaired) electrons. The fraction of sp³-hybridized carbons (Fsp3) is 0.852. The second kappa shape index (κ2) is 43.7. The van der Waals surface area contributed by atoms with Gasteiger partial charge in [-0.15, -0.1) is 0 Å². The summed E-state index contributed by atoms with van der Waals surface area (Å²) < 4.78 is 11.8. The average molecular weight is 841 g/mol. The van der Waals surface area contributed by atoms with Gasteiger partial charge in [0, 0.05) is 26.2 Å². The minimum atomic E-state index is -0.369. The maximum absolute atomic E-state index is 13.3. The Kier molecular flexibility index (Phi) is 40.9. The molecular formula is C54H100N2O4. The summed E-state index contributed by atoms with van der Waals surface area (Å²) in [4.78, 5) is 31.3. The zero-order valence-corrected chi connectivity index (χ0v) is 40.5. The minimum absolute atomic E-state index is 0.300. The van der Waals surface area contributed by atoms with E-state index in [1.165, 1.54) is 205 Å². The van der Waals surface area contributed by atoms with E-state index in [4.69, 9.17) is 9.47 Å². The summed E-state index contributed by atoms with van der Waals surface area (Å²) in [5.74, 6) is -0.739. The van der Waals surface area contributed by atoms with Crippen molar-refractivity contribution in [2.75, 3.05) is 39.6 Å². The molecule has 0 aromatic heterocycles. The maximum Gasteiger partial charge on any atom is 0.339 e. The summed E-state index contributed by atoms with van der Waals surface area (Å²) in [7, 11) is 0. The first kappa shape index (κ1) is 56.1. The normalized spacial score (nSPS) is 11.6. The van der Waals surface area contributed by atoms with E-state index < -0.39 is 0 Å². The molecule has 0 saturated carbocycles. The Hall–Kier alpha value is -1.92. The number of nitrogens with zero attached hydrogens (tertiary/aromatic N) is 2. The minimum Gasteiger partial charge on any atom is -0.446 e. The second-order valence-electron chi connectivity index (χ2n) is 18.3. The number of carbonyl (C=O) groups excluding carboxylic acids is 2. The van der Waals surface area contributed by atoms with E-state index in [1.807, 2.05) is 0 Å². The van der Waals surface area contributed by atoms with Gasteiger partial charge in [0.1, 0.15) is 13.5 Å². The zero-order valence-electron chi connectivity index (χ0n) is 40.5. The van der Waals surface area contributed by atoms with Crippen LogP contribution in [-0.2, 0) is 9.47 Å². The second-order valence-corrected chi connectivity index (χ2v) is 18.3. The van der Waals surface area contributed by atoms with Crippen molar-refractivity contribution in [1.29, 1.82) is 0 Å². The highest BCUT2D eigenvalue weighted by atomic mass is 16.5. The molecule has 0 aliphatic rings. The highest BCUT2D eigenvalue weighted by Crippen LogP contribution is 2.16. The van der Waals surface area contributed by atoms with Gasteiger partial charge in [0.25, 0.3) is 0 Å². The molecule has 0 aliphatic carbocycles. The number of rotatable bonds is 46. The van der Waals surface area contributed by atoms with Crippen LogP contribution >= 0.6 is 0 Å². The standard InChI is InChI=1S/C54H100N2O4/c1-5-9-13-17-21-25-29-33-37-44-55(45-38-34-30-26-22-18-14-10-6-2)49-59-53(57)51-42-41-43-52(48-51)54(58)60-50-56(46-39-35-31-27-23-19-15-11-7-3)47-40-36-32-28-24-20-16-12-8-4/h41-43,48H,5-40,44-47,49-50H2,1-4H3. The lowest BCUT2D eigenvalue weighted by molar-refractivity contribution is 0.0204. The van der Waals surface area contributed by atoms with Crippen LogP contribution in [0.5, 0.6) is 0 Å². The van der Waals surface area contributed by atoms with Crippen molar-refractivity contribution >= 4 is 11.9 Å². The number of hydrogen-bond donors (Lipinski definition) is 0. The molecule has 0 unspecified atom stereocenters. The maximum atomic E-state index is 13.3. The summed E-state index contributed by atoms with van der Waals surface area (Å²) in [5, 5.41) is 0. The van der Waals surface area contributed by atoms with Gasteiger partial charge >= 0.3 is 11.9 Å². The summed E-state index contributed by atoms with van der Waals surface area (Å²) in [6, 6.07) is 6.94. The van der Waals surface area contributed by atoms with E-state index in [9.17, 15) is 9.59 Å². The van der Waals surface area contributed by atoms with Crippen LogP contribution < -0.4 is 0 Å². The van der Waals surface area contributed by atoms with Crippen molar-refractivity contribution < 1.29 is 19.1 Å². The number of benzene rings is 1. The van der Waals surface area contributed by atoms with Gasteiger partial charge in [-0.3, -0.25) is 9.80 Å². The molecule has 0 aliphatic heterocycles. The molecule has 1 aromatic carbocycles. The van der Waals surface area contributed by atoms with Gasteiger partial charge in [-0.25, -0.2) is 9.59 Å². The Bertz CT molecular complexity index is 956. The zero-order chi connectivity index (χ0) is 43.4. The smallest absolute Gasteiger partial charge is 0.339 e. The molecule has 0 bridgehead atoms. The summed E-state index contributed by atoms with van der Waals surface area (Å²) in [6.07, 6.45) is 46.9. The van der Waals surface area contributed by atoms with E-state index in [2.05, 4.69) is 37.5 Å². The molecule has 6 nitrogen and oxygen atoms in total. The van der Waals surface area contributed by atoms with Gasteiger partial charge in [-0.05, 0) is 43.9 Å². The summed E-state index contributed by atoms with van der Waals surface area (Å²) in [6.45, 7) is 13.5. The molecular weight excluding hydrogens is 741 g/mol. The molecule has 0 heterocycles. The van der Waals surface area contributed by atoms with E-state index in [0.29, 0.717) is 24.6 Å². The Balaban J connectivity index is 2.65. The predicted molar refractivity (Wildman–Crippen MR) is 259 cm³/mol. The van der Waals surface area contributed by atoms with Crippen molar-refractivity contribution in [3.05, 3.63) is 35.4 Å². The molecule has 0 saturated heterocycles. The molecule has 0 amide bonds. The molecule has 1 aromatic rings. The number of esters is 2. The molecule has 60 heavy (non-hydrogen) atoms. The fourth-order valence-electron chi connectivity index (χ4n) is 8.31. The van der Waals surface area contributed by atoms with Crippen LogP contribution in [0.3, 0.4) is 0 Å². The number of ether oxygens (including phenoxy) is 2. The Labute approximate surface area is 373 Å². The molecule has 0 atom stereocenters. The first-order chi connectivity index (χ1) is 29.5. The monoisotopic (exact) mass is 841 g/mol. The van der Waals surface area contributed by atoms with Crippen molar-refractivity contribution in [3.8, 4) is 0 Å². The Morgan fingerprint density at radius 1 is 0.350 bits per heavy atom. The molecule has 0 fully saturated rings. The third kappa shape index (κ3) is 34.6. The lowest BCUT2D eigenvalue weighted by atomic mass is 10.1. The van der Waals surface area contributed by atoms with Crippen LogP contribution in [0.25, 0.3) is 0 Å². The molecule has 350 valence electrons. The summed E-state index contributed by atoms with van der Waals surface area (Å²) in [5.41, 5.74) is 0.827. The lowest BCUT2D eigenvalue weighted by Gasteiger charge is -2.22. The number of unbranched alkanes of at least 4 members (excludes halogenated alkanes) is 32. The first-order valence-electron chi connectivity index (χ1n) is 26.4. The van der Waals surface area contributed by atoms with Gasteiger partial charge in [0.05, 0.1) is 11.1 Å².